The molecule has 0 bridgehead atoms. The molecule has 9 heteroatoms. The third-order valence-corrected chi connectivity index (χ3v) is 3.71. The molecule has 0 saturated carbocycles. The summed E-state index contributed by atoms with van der Waals surface area (Å²) in [6.07, 6.45) is -3.34. The predicted molar refractivity (Wildman–Crippen MR) is 89.5 cm³/mol. The lowest BCUT2D eigenvalue weighted by molar-refractivity contribution is -0.154. The standard InChI is InChI=1S/C18H17F3N2O4/c1-23(14(17(25)26)9-12-5-3-2-4-6-12)16(24)13-7-8-15(22-10-13)27-11-18(19,20)21/h2-8,10,14H,9,11H2,1H3,(H,25,26). The van der Waals surface area contributed by atoms with Crippen LogP contribution >= 0.6 is 0 Å². The van der Waals surface area contributed by atoms with Crippen LogP contribution in [0.25, 0.3) is 0 Å². The van der Waals surface area contributed by atoms with Gasteiger partial charge in [-0.1, -0.05) is 30.3 Å². The Balaban J connectivity index is 2.08. The van der Waals surface area contributed by atoms with E-state index in [9.17, 15) is 27.9 Å². The summed E-state index contributed by atoms with van der Waals surface area (Å²) in [5, 5.41) is 9.46. The van der Waals surface area contributed by atoms with Crippen LogP contribution in [-0.4, -0.2) is 52.7 Å². The molecule has 0 fully saturated rings. The molecule has 1 aromatic heterocycles. The van der Waals surface area contributed by atoms with E-state index in [0.29, 0.717) is 0 Å². The highest BCUT2D eigenvalue weighted by Crippen LogP contribution is 2.18. The highest BCUT2D eigenvalue weighted by atomic mass is 19.4. The molecular formula is C18H17F3N2O4. The summed E-state index contributed by atoms with van der Waals surface area (Å²) in [6, 6.07) is 10.1. The van der Waals surface area contributed by atoms with E-state index in [-0.39, 0.29) is 17.9 Å². The number of carbonyl (C=O) groups excluding carboxylic acids is 1. The van der Waals surface area contributed by atoms with Crippen LogP contribution in [0.4, 0.5) is 13.2 Å². The molecule has 1 aromatic carbocycles. The summed E-state index contributed by atoms with van der Waals surface area (Å²) in [5.74, 6) is -2.08. The first kappa shape index (κ1) is 20.2. The number of hydrogen-bond acceptors (Lipinski definition) is 4. The van der Waals surface area contributed by atoms with Gasteiger partial charge < -0.3 is 14.7 Å². The van der Waals surface area contributed by atoms with E-state index in [1.165, 1.54) is 13.1 Å². The lowest BCUT2D eigenvalue weighted by atomic mass is 10.0. The van der Waals surface area contributed by atoms with E-state index in [4.69, 9.17) is 0 Å². The van der Waals surface area contributed by atoms with Gasteiger partial charge in [-0.2, -0.15) is 13.2 Å². The van der Waals surface area contributed by atoms with Crippen molar-refractivity contribution in [2.45, 2.75) is 18.6 Å². The second-order valence-corrected chi connectivity index (χ2v) is 5.75. The highest BCUT2D eigenvalue weighted by molar-refractivity contribution is 5.96. The number of aromatic nitrogens is 1. The molecule has 6 nitrogen and oxygen atoms in total. The lowest BCUT2D eigenvalue weighted by Crippen LogP contribution is -2.43. The summed E-state index contributed by atoms with van der Waals surface area (Å²) in [7, 11) is 1.35. The molecule has 1 heterocycles. The Bertz CT molecular complexity index is 779. The molecule has 0 aliphatic carbocycles. The average molecular weight is 382 g/mol. The number of rotatable bonds is 7. The van der Waals surface area contributed by atoms with Crippen molar-refractivity contribution in [3.8, 4) is 5.88 Å². The van der Waals surface area contributed by atoms with Crippen LogP contribution in [0.5, 0.6) is 5.88 Å². The maximum atomic E-state index is 12.5. The summed E-state index contributed by atoms with van der Waals surface area (Å²) in [6.45, 7) is -1.49. The number of likely N-dealkylation sites (N-methyl/N-ethyl adjacent to an activating group) is 1. The van der Waals surface area contributed by atoms with Crippen LogP contribution in [0.15, 0.2) is 48.7 Å². The largest absolute Gasteiger partial charge is 0.480 e. The van der Waals surface area contributed by atoms with Crippen molar-refractivity contribution >= 4 is 11.9 Å². The third-order valence-electron chi connectivity index (χ3n) is 3.71. The number of nitrogens with zero attached hydrogens (tertiary/aromatic N) is 2. The van der Waals surface area contributed by atoms with E-state index in [2.05, 4.69) is 9.72 Å². The Morgan fingerprint density at radius 1 is 1.19 bits per heavy atom. The first-order valence-electron chi connectivity index (χ1n) is 7.87. The molecule has 1 N–H and O–H groups in total. The quantitative estimate of drug-likeness (QED) is 0.797. The summed E-state index contributed by atoms with van der Waals surface area (Å²) in [5.41, 5.74) is 0.787. The molecule has 1 amide bonds. The number of carboxylic acid groups (broad SMARTS) is 1. The Morgan fingerprint density at radius 2 is 1.85 bits per heavy atom. The van der Waals surface area contributed by atoms with Crippen molar-refractivity contribution in [2.75, 3.05) is 13.7 Å². The number of benzene rings is 1. The van der Waals surface area contributed by atoms with Crippen LogP contribution in [0.1, 0.15) is 15.9 Å². The minimum absolute atomic E-state index is 0.0381. The van der Waals surface area contributed by atoms with E-state index < -0.39 is 30.7 Å². The fourth-order valence-corrected chi connectivity index (χ4v) is 2.32. The van der Waals surface area contributed by atoms with Crippen molar-refractivity contribution in [2.24, 2.45) is 0 Å². The number of amides is 1. The smallest absolute Gasteiger partial charge is 0.422 e. The van der Waals surface area contributed by atoms with Crippen molar-refractivity contribution in [3.63, 3.8) is 0 Å². The van der Waals surface area contributed by atoms with Crippen LogP contribution in [0, 0.1) is 0 Å². The van der Waals surface area contributed by atoms with Gasteiger partial charge in [0.2, 0.25) is 5.88 Å². The van der Waals surface area contributed by atoms with E-state index in [1.807, 2.05) is 0 Å². The first-order valence-corrected chi connectivity index (χ1v) is 7.87. The molecule has 0 aliphatic heterocycles. The second kappa shape index (κ2) is 8.52. The zero-order chi connectivity index (χ0) is 20.0. The number of carboxylic acids is 1. The number of pyridine rings is 1. The Morgan fingerprint density at radius 3 is 2.37 bits per heavy atom. The first-order chi connectivity index (χ1) is 12.7. The van der Waals surface area contributed by atoms with E-state index in [1.54, 1.807) is 30.3 Å². The van der Waals surface area contributed by atoms with Crippen molar-refractivity contribution in [1.82, 2.24) is 9.88 Å². The molecule has 0 spiro atoms. The van der Waals surface area contributed by atoms with Crippen LogP contribution in [0.3, 0.4) is 0 Å². The molecule has 1 unspecified atom stereocenters. The molecular weight excluding hydrogens is 365 g/mol. The van der Waals surface area contributed by atoms with Gasteiger partial charge in [-0.25, -0.2) is 9.78 Å². The number of carbonyl (C=O) groups is 2. The van der Waals surface area contributed by atoms with Gasteiger partial charge in [0.05, 0.1) is 5.56 Å². The monoisotopic (exact) mass is 382 g/mol. The average Bonchev–Trinajstić information content (AvgIpc) is 2.64. The number of ether oxygens (including phenoxy) is 1. The van der Waals surface area contributed by atoms with Crippen LogP contribution in [0.2, 0.25) is 0 Å². The second-order valence-electron chi connectivity index (χ2n) is 5.75. The number of aliphatic carboxylic acids is 1. The fraction of sp³-hybridized carbons (Fsp3) is 0.278. The van der Waals surface area contributed by atoms with Crippen molar-refractivity contribution < 1.29 is 32.6 Å². The van der Waals surface area contributed by atoms with E-state index >= 15 is 0 Å². The number of hydrogen-bond donors (Lipinski definition) is 1. The van der Waals surface area contributed by atoms with Gasteiger partial charge in [0.1, 0.15) is 6.04 Å². The topological polar surface area (TPSA) is 79.7 Å². The van der Waals surface area contributed by atoms with Gasteiger partial charge in [0, 0.05) is 25.7 Å². The molecule has 0 aliphatic rings. The zero-order valence-electron chi connectivity index (χ0n) is 14.3. The van der Waals surface area contributed by atoms with Crippen LogP contribution in [-0.2, 0) is 11.2 Å². The van der Waals surface area contributed by atoms with E-state index in [0.717, 1.165) is 22.7 Å². The summed E-state index contributed by atoms with van der Waals surface area (Å²) < 4.78 is 40.9. The molecule has 0 radical (unpaired) electrons. The molecule has 1 atom stereocenters. The normalized spacial score (nSPS) is 12.3. The molecule has 2 aromatic rings. The van der Waals surface area contributed by atoms with Gasteiger partial charge in [-0.05, 0) is 11.6 Å². The predicted octanol–water partition coefficient (Wildman–Crippen LogP) is 2.79. The van der Waals surface area contributed by atoms with Crippen LogP contribution < -0.4 is 4.74 Å². The molecule has 144 valence electrons. The summed E-state index contributed by atoms with van der Waals surface area (Å²) >= 11 is 0. The Labute approximate surface area is 153 Å². The zero-order valence-corrected chi connectivity index (χ0v) is 14.3. The van der Waals surface area contributed by atoms with Gasteiger partial charge in [0.15, 0.2) is 6.61 Å². The minimum Gasteiger partial charge on any atom is -0.480 e. The van der Waals surface area contributed by atoms with Crippen molar-refractivity contribution in [1.29, 1.82) is 0 Å². The number of alkyl halides is 3. The number of halogens is 3. The van der Waals surface area contributed by atoms with Gasteiger partial charge >= 0.3 is 12.1 Å². The lowest BCUT2D eigenvalue weighted by Gasteiger charge is -2.25. The maximum absolute atomic E-state index is 12.5. The molecule has 27 heavy (non-hydrogen) atoms. The Kier molecular flexibility index (Phi) is 6.38. The fourth-order valence-electron chi connectivity index (χ4n) is 2.32. The molecule has 0 saturated heterocycles. The minimum atomic E-state index is -4.50. The Hall–Kier alpha value is -3.10. The van der Waals surface area contributed by atoms with Crippen molar-refractivity contribution in [3.05, 3.63) is 59.8 Å². The van der Waals surface area contributed by atoms with Gasteiger partial charge in [-0.15, -0.1) is 0 Å². The van der Waals surface area contributed by atoms with Gasteiger partial charge in [0.25, 0.3) is 5.91 Å². The third kappa shape index (κ3) is 5.98. The molecule has 2 rings (SSSR count). The summed E-state index contributed by atoms with van der Waals surface area (Å²) in [4.78, 5) is 28.8. The maximum Gasteiger partial charge on any atom is 0.422 e. The highest BCUT2D eigenvalue weighted by Gasteiger charge is 2.29. The SMILES string of the molecule is CN(C(=O)c1ccc(OCC(F)(F)F)nc1)C(Cc1ccccc1)C(=O)O. The van der Waals surface area contributed by atoms with Gasteiger partial charge in [-0.3, -0.25) is 4.79 Å².